The van der Waals surface area contributed by atoms with Gasteiger partial charge in [0.15, 0.2) is 5.82 Å². The van der Waals surface area contributed by atoms with Gasteiger partial charge in [-0.2, -0.15) is 18.3 Å². The molecule has 0 fully saturated rings. The first kappa shape index (κ1) is 22.4. The van der Waals surface area contributed by atoms with E-state index in [1.54, 1.807) is 6.20 Å². The fraction of sp³-hybridized carbons (Fsp3) is 0.421. The van der Waals surface area contributed by atoms with Crippen molar-refractivity contribution in [2.75, 3.05) is 6.54 Å². The highest BCUT2D eigenvalue weighted by atomic mass is 19.4. The minimum atomic E-state index is -5.08. The van der Waals surface area contributed by atoms with Crippen molar-refractivity contribution < 1.29 is 23.1 Å². The van der Waals surface area contributed by atoms with Gasteiger partial charge in [-0.25, -0.2) is 4.79 Å². The van der Waals surface area contributed by atoms with E-state index in [2.05, 4.69) is 41.9 Å². The van der Waals surface area contributed by atoms with Crippen LogP contribution in [0.2, 0.25) is 0 Å². The SMILES string of the molecule is Cc1cccc(CN2CCCn3c(nnc3Cn3cccn3)C2)n1.O=C(O)C(F)(F)F. The van der Waals surface area contributed by atoms with Crippen LogP contribution in [0.4, 0.5) is 13.2 Å². The van der Waals surface area contributed by atoms with Crippen molar-refractivity contribution in [3.63, 3.8) is 0 Å². The number of aryl methyl sites for hydroxylation is 1. The standard InChI is InChI=1S/C17H21N7.C2HF3O2/c1-14-5-2-6-15(19-14)11-22-8-4-10-24-16(12-22)20-21-17(24)13-23-9-3-7-18-23;3-2(4,5)1(6)7/h2-3,5-7,9H,4,8,10-13H2,1H3;(H,6,7). The maximum atomic E-state index is 10.6. The van der Waals surface area contributed by atoms with Gasteiger partial charge in [0.2, 0.25) is 0 Å². The third-order valence-electron chi connectivity index (χ3n) is 4.56. The molecule has 0 spiro atoms. The Morgan fingerprint density at radius 3 is 2.58 bits per heavy atom. The zero-order valence-corrected chi connectivity index (χ0v) is 16.8. The van der Waals surface area contributed by atoms with Crippen LogP contribution in [0.3, 0.4) is 0 Å². The molecule has 9 nitrogen and oxygen atoms in total. The van der Waals surface area contributed by atoms with Crippen LogP contribution in [-0.4, -0.2) is 58.2 Å². The van der Waals surface area contributed by atoms with Crippen molar-refractivity contribution in [2.24, 2.45) is 0 Å². The molecule has 166 valence electrons. The van der Waals surface area contributed by atoms with Crippen LogP contribution in [0, 0.1) is 6.92 Å². The Balaban J connectivity index is 0.000000339. The third-order valence-corrected chi connectivity index (χ3v) is 4.56. The van der Waals surface area contributed by atoms with E-state index in [0.717, 1.165) is 55.6 Å². The number of carboxylic acids is 1. The molecule has 3 aromatic heterocycles. The number of rotatable bonds is 4. The number of carboxylic acid groups (broad SMARTS) is 1. The molecule has 3 aromatic rings. The predicted molar refractivity (Wildman–Crippen MR) is 103 cm³/mol. The zero-order chi connectivity index (χ0) is 22.4. The summed E-state index contributed by atoms with van der Waals surface area (Å²) in [6, 6.07) is 8.12. The minimum absolute atomic E-state index is 0.666. The van der Waals surface area contributed by atoms with Crippen LogP contribution in [0.1, 0.15) is 29.5 Å². The lowest BCUT2D eigenvalue weighted by atomic mass is 10.3. The second-order valence-electron chi connectivity index (χ2n) is 7.03. The normalized spacial score (nSPS) is 14.3. The maximum Gasteiger partial charge on any atom is 0.490 e. The molecule has 0 saturated carbocycles. The molecule has 0 unspecified atom stereocenters. The van der Waals surface area contributed by atoms with Crippen LogP contribution in [0.25, 0.3) is 0 Å². The van der Waals surface area contributed by atoms with Gasteiger partial charge in [0, 0.05) is 37.7 Å². The second kappa shape index (κ2) is 9.69. The van der Waals surface area contributed by atoms with Crippen LogP contribution in [-0.2, 0) is 31.0 Å². The van der Waals surface area contributed by atoms with E-state index in [4.69, 9.17) is 9.90 Å². The lowest BCUT2D eigenvalue weighted by Gasteiger charge is -2.18. The quantitative estimate of drug-likeness (QED) is 0.668. The monoisotopic (exact) mass is 437 g/mol. The summed E-state index contributed by atoms with van der Waals surface area (Å²) in [5.74, 6) is -0.751. The largest absolute Gasteiger partial charge is 0.490 e. The first-order valence-corrected chi connectivity index (χ1v) is 9.56. The molecule has 4 heterocycles. The van der Waals surface area contributed by atoms with Crippen LogP contribution >= 0.6 is 0 Å². The van der Waals surface area contributed by atoms with Gasteiger partial charge in [-0.3, -0.25) is 14.6 Å². The van der Waals surface area contributed by atoms with Gasteiger partial charge < -0.3 is 9.67 Å². The molecular formula is C19H22F3N7O2. The van der Waals surface area contributed by atoms with Crippen molar-refractivity contribution in [2.45, 2.75) is 45.7 Å². The van der Waals surface area contributed by atoms with Gasteiger partial charge in [-0.1, -0.05) is 6.07 Å². The Morgan fingerprint density at radius 2 is 1.94 bits per heavy atom. The molecule has 0 saturated heterocycles. The fourth-order valence-corrected chi connectivity index (χ4v) is 3.19. The molecule has 1 aliphatic rings. The summed E-state index contributed by atoms with van der Waals surface area (Å²) < 4.78 is 35.9. The topological polar surface area (TPSA) is 102 Å². The summed E-state index contributed by atoms with van der Waals surface area (Å²) in [6.45, 7) is 6.35. The van der Waals surface area contributed by atoms with Crippen LogP contribution in [0.5, 0.6) is 0 Å². The number of aromatic nitrogens is 6. The van der Waals surface area contributed by atoms with E-state index in [1.165, 1.54) is 0 Å². The summed E-state index contributed by atoms with van der Waals surface area (Å²) >= 11 is 0. The van der Waals surface area contributed by atoms with E-state index >= 15 is 0 Å². The Bertz CT molecular complexity index is 1000. The molecule has 0 bridgehead atoms. The van der Waals surface area contributed by atoms with E-state index < -0.39 is 12.1 Å². The highest BCUT2D eigenvalue weighted by Gasteiger charge is 2.38. The molecule has 12 heteroatoms. The summed E-state index contributed by atoms with van der Waals surface area (Å²) in [7, 11) is 0. The van der Waals surface area contributed by atoms with E-state index in [1.807, 2.05) is 29.9 Å². The molecule has 0 aliphatic carbocycles. The molecule has 1 aliphatic heterocycles. The lowest BCUT2D eigenvalue weighted by molar-refractivity contribution is -0.192. The average Bonchev–Trinajstić information content (AvgIpc) is 3.28. The first-order chi connectivity index (χ1) is 14.7. The van der Waals surface area contributed by atoms with Crippen molar-refractivity contribution in [3.8, 4) is 0 Å². The number of fused-ring (bicyclic) bond motifs is 1. The van der Waals surface area contributed by atoms with Gasteiger partial charge >= 0.3 is 12.1 Å². The molecule has 4 rings (SSSR count). The molecule has 1 N–H and O–H groups in total. The van der Waals surface area contributed by atoms with Crippen molar-refractivity contribution >= 4 is 5.97 Å². The number of hydrogen-bond acceptors (Lipinski definition) is 6. The van der Waals surface area contributed by atoms with E-state index in [0.29, 0.717) is 6.54 Å². The van der Waals surface area contributed by atoms with Crippen molar-refractivity contribution in [1.29, 1.82) is 0 Å². The predicted octanol–water partition coefficient (Wildman–Crippen LogP) is 2.27. The highest BCUT2D eigenvalue weighted by Crippen LogP contribution is 2.16. The zero-order valence-electron chi connectivity index (χ0n) is 16.8. The van der Waals surface area contributed by atoms with Gasteiger partial charge in [-0.15, -0.1) is 10.2 Å². The molecule has 31 heavy (non-hydrogen) atoms. The Morgan fingerprint density at radius 1 is 1.16 bits per heavy atom. The summed E-state index contributed by atoms with van der Waals surface area (Å²) in [5, 5.41) is 20.2. The maximum absolute atomic E-state index is 10.6. The van der Waals surface area contributed by atoms with Gasteiger partial charge in [0.05, 0.1) is 12.2 Å². The van der Waals surface area contributed by atoms with Crippen molar-refractivity contribution in [1.82, 2.24) is 34.4 Å². The fourth-order valence-electron chi connectivity index (χ4n) is 3.19. The number of hydrogen-bond donors (Lipinski definition) is 1. The highest BCUT2D eigenvalue weighted by molar-refractivity contribution is 5.73. The van der Waals surface area contributed by atoms with Gasteiger partial charge in [0.25, 0.3) is 0 Å². The number of nitrogens with zero attached hydrogens (tertiary/aromatic N) is 7. The second-order valence-corrected chi connectivity index (χ2v) is 7.03. The van der Waals surface area contributed by atoms with E-state index in [-0.39, 0.29) is 0 Å². The van der Waals surface area contributed by atoms with Gasteiger partial charge in [-0.05, 0) is 31.5 Å². The third kappa shape index (κ3) is 6.35. The molecule has 0 atom stereocenters. The Kier molecular flexibility index (Phi) is 7.00. The molecule has 0 aromatic carbocycles. The molecular weight excluding hydrogens is 415 g/mol. The van der Waals surface area contributed by atoms with Gasteiger partial charge in [0.1, 0.15) is 12.4 Å². The molecule has 0 amide bonds. The lowest BCUT2D eigenvalue weighted by Crippen LogP contribution is -2.23. The Labute approximate surface area is 176 Å². The number of aliphatic carboxylic acids is 1. The Hall–Kier alpha value is -3.28. The summed E-state index contributed by atoms with van der Waals surface area (Å²) in [5.41, 5.74) is 2.17. The van der Waals surface area contributed by atoms with Crippen LogP contribution in [0.15, 0.2) is 36.7 Å². The minimum Gasteiger partial charge on any atom is -0.475 e. The molecule has 0 radical (unpaired) electrons. The smallest absolute Gasteiger partial charge is 0.475 e. The van der Waals surface area contributed by atoms with Crippen LogP contribution < -0.4 is 0 Å². The summed E-state index contributed by atoms with van der Waals surface area (Å²) in [6.07, 6.45) is -0.257. The number of alkyl halides is 3. The first-order valence-electron chi connectivity index (χ1n) is 9.56. The number of pyridine rings is 1. The average molecular weight is 437 g/mol. The van der Waals surface area contributed by atoms with Crippen molar-refractivity contribution in [3.05, 3.63) is 59.7 Å². The van der Waals surface area contributed by atoms with E-state index in [9.17, 15) is 13.2 Å². The number of halogens is 3. The summed E-state index contributed by atoms with van der Waals surface area (Å²) in [4.78, 5) is 15.9. The number of carbonyl (C=O) groups is 1.